The van der Waals surface area contributed by atoms with Crippen molar-refractivity contribution in [3.05, 3.63) is 29.6 Å². The summed E-state index contributed by atoms with van der Waals surface area (Å²) in [6.07, 6.45) is 0. The summed E-state index contributed by atoms with van der Waals surface area (Å²) in [5.41, 5.74) is -0.395. The Hall–Kier alpha value is -1.19. The molecule has 0 spiro atoms. The van der Waals surface area contributed by atoms with E-state index in [-0.39, 0.29) is 18.1 Å². The Labute approximate surface area is 126 Å². The maximum absolute atomic E-state index is 13.7. The maximum atomic E-state index is 13.7. The van der Waals surface area contributed by atoms with Crippen molar-refractivity contribution in [2.24, 2.45) is 0 Å². The van der Waals surface area contributed by atoms with Crippen LogP contribution in [0.1, 0.15) is 17.3 Å². The molecule has 1 aromatic rings. The van der Waals surface area contributed by atoms with E-state index >= 15 is 0 Å². The maximum Gasteiger partial charge on any atom is 0.261 e. The number of sulfone groups is 1. The number of nitrogens with one attached hydrogen (secondary N) is 1. The molecule has 0 unspecified atom stereocenters. The van der Waals surface area contributed by atoms with Gasteiger partial charge in [-0.05, 0) is 18.2 Å². The Morgan fingerprint density at radius 3 is 2.38 bits per heavy atom. The second kappa shape index (κ2) is 6.71. The van der Waals surface area contributed by atoms with Crippen LogP contribution < -0.4 is 5.32 Å². The number of carbonyl (C=O) groups is 1. The third-order valence-corrected chi connectivity index (χ3v) is 5.66. The number of hydrogen-bond acceptors (Lipinski definition) is 5. The van der Waals surface area contributed by atoms with E-state index in [1.54, 1.807) is 0 Å². The Morgan fingerprint density at radius 1 is 1.29 bits per heavy atom. The first-order valence-electron chi connectivity index (χ1n) is 5.79. The van der Waals surface area contributed by atoms with Gasteiger partial charge < -0.3 is 5.32 Å². The van der Waals surface area contributed by atoms with Crippen molar-refractivity contribution < 1.29 is 26.0 Å². The molecule has 10 heteroatoms. The van der Waals surface area contributed by atoms with Crippen LogP contribution >= 0.6 is 10.7 Å². The molecule has 0 radical (unpaired) electrons. The summed E-state index contributed by atoms with van der Waals surface area (Å²) in [6.45, 7) is 1.31. The van der Waals surface area contributed by atoms with E-state index in [1.165, 1.54) is 6.92 Å². The van der Waals surface area contributed by atoms with Gasteiger partial charge in [0.05, 0.1) is 16.2 Å². The average Bonchev–Trinajstić information content (AvgIpc) is 2.37. The van der Waals surface area contributed by atoms with E-state index < -0.39 is 41.1 Å². The van der Waals surface area contributed by atoms with E-state index in [9.17, 15) is 26.0 Å². The van der Waals surface area contributed by atoms with Gasteiger partial charge in [0.2, 0.25) is 0 Å². The monoisotopic (exact) mass is 357 g/mol. The molecule has 0 aliphatic carbocycles. The molecule has 118 valence electrons. The van der Waals surface area contributed by atoms with Crippen LogP contribution in [0.25, 0.3) is 0 Å². The van der Waals surface area contributed by atoms with E-state index in [1.807, 2.05) is 0 Å². The Kier molecular flexibility index (Phi) is 5.71. The van der Waals surface area contributed by atoms with Gasteiger partial charge in [0.1, 0.15) is 5.82 Å². The molecular formula is C11H13ClFNO5S2. The fraction of sp³-hybridized carbons (Fsp3) is 0.364. The smallest absolute Gasteiger partial charge is 0.261 e. The predicted molar refractivity (Wildman–Crippen MR) is 76.1 cm³/mol. The van der Waals surface area contributed by atoms with Crippen molar-refractivity contribution in [2.75, 3.05) is 18.1 Å². The molecule has 0 bridgehead atoms. The zero-order valence-electron chi connectivity index (χ0n) is 11.0. The van der Waals surface area contributed by atoms with Gasteiger partial charge in [-0.25, -0.2) is 21.2 Å². The van der Waals surface area contributed by atoms with Gasteiger partial charge in [-0.1, -0.05) is 6.92 Å². The van der Waals surface area contributed by atoms with Gasteiger partial charge in [-0.15, -0.1) is 0 Å². The van der Waals surface area contributed by atoms with Gasteiger partial charge in [0, 0.05) is 23.0 Å². The number of carbonyl (C=O) groups excluding carboxylic acids is 1. The second-order valence-corrected chi connectivity index (χ2v) is 9.11. The summed E-state index contributed by atoms with van der Waals surface area (Å²) in [4.78, 5) is 11.2. The molecule has 1 N–H and O–H groups in total. The zero-order valence-corrected chi connectivity index (χ0v) is 13.4. The lowest BCUT2D eigenvalue weighted by Gasteiger charge is -2.07. The van der Waals surface area contributed by atoms with E-state index in [0.29, 0.717) is 6.07 Å². The molecular weight excluding hydrogens is 345 g/mol. The number of benzene rings is 1. The first-order chi connectivity index (χ1) is 9.57. The first-order valence-corrected chi connectivity index (χ1v) is 9.92. The van der Waals surface area contributed by atoms with Crippen molar-refractivity contribution in [3.8, 4) is 0 Å². The summed E-state index contributed by atoms with van der Waals surface area (Å²) in [5.74, 6) is -2.21. The summed E-state index contributed by atoms with van der Waals surface area (Å²) >= 11 is 0. The molecule has 1 rings (SSSR count). The van der Waals surface area contributed by atoms with Gasteiger partial charge in [-0.3, -0.25) is 4.79 Å². The van der Waals surface area contributed by atoms with Crippen molar-refractivity contribution in [2.45, 2.75) is 11.8 Å². The number of rotatable bonds is 6. The minimum atomic E-state index is -4.09. The fourth-order valence-corrected chi connectivity index (χ4v) is 2.86. The van der Waals surface area contributed by atoms with Crippen LogP contribution in [0, 0.1) is 5.82 Å². The fourth-order valence-electron chi connectivity index (χ4n) is 1.39. The molecule has 0 aliphatic rings. The molecule has 0 saturated heterocycles. The molecule has 6 nitrogen and oxygen atoms in total. The van der Waals surface area contributed by atoms with Crippen molar-refractivity contribution >= 4 is 35.5 Å². The van der Waals surface area contributed by atoms with Crippen LogP contribution in [0.15, 0.2) is 23.1 Å². The molecule has 1 amide bonds. The summed E-state index contributed by atoms with van der Waals surface area (Å²) in [6, 6.07) is 2.58. The molecule has 0 aromatic heterocycles. The Morgan fingerprint density at radius 2 is 1.90 bits per heavy atom. The largest absolute Gasteiger partial charge is 0.351 e. The summed E-state index contributed by atoms with van der Waals surface area (Å²) in [5, 5.41) is 2.25. The van der Waals surface area contributed by atoms with Crippen LogP contribution in [0.3, 0.4) is 0 Å². The van der Waals surface area contributed by atoms with Gasteiger partial charge in [0.25, 0.3) is 15.0 Å². The molecule has 0 heterocycles. The topological polar surface area (TPSA) is 97.4 Å². The summed E-state index contributed by atoms with van der Waals surface area (Å²) < 4.78 is 58.1. The highest BCUT2D eigenvalue weighted by atomic mass is 35.7. The van der Waals surface area contributed by atoms with Crippen LogP contribution in [-0.4, -0.2) is 40.8 Å². The van der Waals surface area contributed by atoms with E-state index in [2.05, 4.69) is 5.32 Å². The Bertz CT molecular complexity index is 746. The third-order valence-electron chi connectivity index (χ3n) is 2.61. The lowest BCUT2D eigenvalue weighted by Crippen LogP contribution is -2.30. The predicted octanol–water partition coefficient (Wildman–Crippen LogP) is 0.918. The van der Waals surface area contributed by atoms with Gasteiger partial charge in [-0.2, -0.15) is 0 Å². The molecule has 0 aliphatic heterocycles. The van der Waals surface area contributed by atoms with E-state index in [0.717, 1.165) is 12.1 Å². The lowest BCUT2D eigenvalue weighted by molar-refractivity contribution is 0.0952. The highest BCUT2D eigenvalue weighted by Crippen LogP contribution is 2.18. The standard InChI is InChI=1S/C11H13ClFNO5S2/c1-2-20(16,17)6-5-14-11(15)9-4-3-8(7-10(9)13)21(12,18)19/h3-4,7H,2,5-6H2,1H3,(H,14,15). The molecule has 21 heavy (non-hydrogen) atoms. The number of amides is 1. The zero-order chi connectivity index (χ0) is 16.3. The second-order valence-electron chi connectivity index (χ2n) is 4.07. The van der Waals surface area contributed by atoms with Crippen LogP contribution in [0.5, 0.6) is 0 Å². The van der Waals surface area contributed by atoms with Crippen molar-refractivity contribution in [1.29, 1.82) is 0 Å². The minimum Gasteiger partial charge on any atom is -0.351 e. The Balaban J connectivity index is 2.81. The van der Waals surface area contributed by atoms with Gasteiger partial charge in [0.15, 0.2) is 9.84 Å². The first kappa shape index (κ1) is 17.9. The number of halogens is 2. The van der Waals surface area contributed by atoms with Gasteiger partial charge >= 0.3 is 0 Å². The van der Waals surface area contributed by atoms with Crippen LogP contribution in [0.4, 0.5) is 4.39 Å². The van der Waals surface area contributed by atoms with Crippen molar-refractivity contribution in [1.82, 2.24) is 5.32 Å². The minimum absolute atomic E-state index is 0.0560. The SMILES string of the molecule is CCS(=O)(=O)CCNC(=O)c1ccc(S(=O)(=O)Cl)cc1F. The normalized spacial score (nSPS) is 12.1. The molecule has 0 atom stereocenters. The molecule has 0 fully saturated rings. The average molecular weight is 358 g/mol. The van der Waals surface area contributed by atoms with Crippen LogP contribution in [0.2, 0.25) is 0 Å². The quantitative estimate of drug-likeness (QED) is 0.763. The van der Waals surface area contributed by atoms with Crippen LogP contribution in [-0.2, 0) is 18.9 Å². The van der Waals surface area contributed by atoms with Crippen molar-refractivity contribution in [3.63, 3.8) is 0 Å². The third kappa shape index (κ3) is 5.25. The summed E-state index contributed by atoms with van der Waals surface area (Å²) in [7, 11) is -2.27. The molecule has 1 aromatic carbocycles. The molecule has 0 saturated carbocycles. The lowest BCUT2D eigenvalue weighted by atomic mass is 10.2. The highest BCUT2D eigenvalue weighted by molar-refractivity contribution is 8.13. The highest BCUT2D eigenvalue weighted by Gasteiger charge is 2.17. The van der Waals surface area contributed by atoms with E-state index in [4.69, 9.17) is 10.7 Å². The number of hydrogen-bond donors (Lipinski definition) is 1.